The van der Waals surface area contributed by atoms with E-state index in [0.717, 1.165) is 12.0 Å². The normalized spacial score (nSPS) is 12.9. The maximum absolute atomic E-state index is 11.1. The summed E-state index contributed by atoms with van der Waals surface area (Å²) in [5, 5.41) is -0.0772. The molecule has 0 aliphatic carbocycles. The maximum Gasteiger partial charge on any atom is 0.193 e. The summed E-state index contributed by atoms with van der Waals surface area (Å²) >= 11 is 3.85. The second kappa shape index (κ2) is 5.36. The molecule has 1 aromatic rings. The van der Waals surface area contributed by atoms with Crippen LogP contribution in [0.25, 0.3) is 0 Å². The second-order valence-electron chi connectivity index (χ2n) is 4.40. The van der Waals surface area contributed by atoms with Crippen LogP contribution in [-0.2, 0) is 11.2 Å². The third-order valence-corrected chi connectivity index (χ3v) is 2.88. The molecular formula is C13H18OS. The predicted octanol–water partition coefficient (Wildman–Crippen LogP) is 3.45. The van der Waals surface area contributed by atoms with Crippen molar-refractivity contribution in [3.8, 4) is 0 Å². The molecular weight excluding hydrogens is 204 g/mol. The van der Waals surface area contributed by atoms with E-state index in [1.165, 1.54) is 5.56 Å². The van der Waals surface area contributed by atoms with E-state index in [1.54, 1.807) is 0 Å². The molecule has 15 heavy (non-hydrogen) atoms. The fraction of sp³-hybridized carbons (Fsp3) is 0.462. The molecule has 0 aromatic heterocycles. The van der Waals surface area contributed by atoms with Crippen molar-refractivity contribution in [2.75, 3.05) is 0 Å². The second-order valence-corrected chi connectivity index (χ2v) is 4.84. The van der Waals surface area contributed by atoms with E-state index in [2.05, 4.69) is 38.6 Å². The Morgan fingerprint density at radius 3 is 2.13 bits per heavy atom. The first-order valence-corrected chi connectivity index (χ1v) is 5.77. The van der Waals surface area contributed by atoms with Crippen LogP contribution in [0.2, 0.25) is 0 Å². The number of thiol groups is 1. The molecule has 0 spiro atoms. The van der Waals surface area contributed by atoms with Gasteiger partial charge in [0.05, 0.1) is 5.92 Å². The highest BCUT2D eigenvalue weighted by atomic mass is 32.1. The van der Waals surface area contributed by atoms with Crippen LogP contribution in [0.1, 0.15) is 37.8 Å². The van der Waals surface area contributed by atoms with Crippen LogP contribution in [0, 0.1) is 5.92 Å². The van der Waals surface area contributed by atoms with Crippen molar-refractivity contribution in [3.05, 3.63) is 35.4 Å². The van der Waals surface area contributed by atoms with Crippen molar-refractivity contribution in [1.29, 1.82) is 0 Å². The van der Waals surface area contributed by atoms with Gasteiger partial charge in [-0.2, -0.15) is 0 Å². The minimum absolute atomic E-state index is 0.0772. The highest BCUT2D eigenvalue weighted by molar-refractivity contribution is 7.96. The first kappa shape index (κ1) is 12.3. The van der Waals surface area contributed by atoms with Gasteiger partial charge in [-0.1, -0.05) is 45.0 Å². The number of carbonyl (C=O) groups excluding carboxylic acids is 1. The van der Waals surface area contributed by atoms with Crippen LogP contribution >= 0.6 is 12.6 Å². The Bertz CT molecular complexity index is 327. The van der Waals surface area contributed by atoms with Crippen molar-refractivity contribution >= 4 is 17.7 Å². The standard InChI is InChI=1S/C13H18OS/c1-9(2)8-11-4-6-12(7-5-11)10(3)13(14)15/h4-7,9-10H,8H2,1-3H3,(H,14,15). The highest BCUT2D eigenvalue weighted by Crippen LogP contribution is 2.19. The van der Waals surface area contributed by atoms with E-state index in [1.807, 2.05) is 19.1 Å². The summed E-state index contributed by atoms with van der Waals surface area (Å²) in [6.07, 6.45) is 1.09. The topological polar surface area (TPSA) is 17.1 Å². The predicted molar refractivity (Wildman–Crippen MR) is 67.4 cm³/mol. The van der Waals surface area contributed by atoms with E-state index >= 15 is 0 Å². The summed E-state index contributed by atoms with van der Waals surface area (Å²) in [6, 6.07) is 8.25. The molecule has 1 aromatic carbocycles. The number of hydrogen-bond donors (Lipinski definition) is 1. The van der Waals surface area contributed by atoms with Gasteiger partial charge < -0.3 is 0 Å². The number of benzene rings is 1. The van der Waals surface area contributed by atoms with Crippen molar-refractivity contribution in [2.45, 2.75) is 33.1 Å². The molecule has 0 saturated carbocycles. The molecule has 0 radical (unpaired) electrons. The molecule has 0 aliphatic rings. The van der Waals surface area contributed by atoms with Crippen LogP contribution in [-0.4, -0.2) is 5.12 Å². The van der Waals surface area contributed by atoms with E-state index < -0.39 is 0 Å². The van der Waals surface area contributed by atoms with Gasteiger partial charge in [0.25, 0.3) is 0 Å². The molecule has 82 valence electrons. The van der Waals surface area contributed by atoms with Gasteiger partial charge >= 0.3 is 0 Å². The van der Waals surface area contributed by atoms with Crippen molar-refractivity contribution in [3.63, 3.8) is 0 Å². The van der Waals surface area contributed by atoms with Crippen LogP contribution < -0.4 is 0 Å². The van der Waals surface area contributed by atoms with Gasteiger partial charge in [-0.25, -0.2) is 0 Å². The summed E-state index contributed by atoms with van der Waals surface area (Å²) in [6.45, 7) is 6.29. The molecule has 0 saturated heterocycles. The largest absolute Gasteiger partial charge is 0.287 e. The van der Waals surface area contributed by atoms with E-state index in [0.29, 0.717) is 5.92 Å². The Morgan fingerprint density at radius 2 is 1.73 bits per heavy atom. The Balaban J connectivity index is 2.76. The minimum atomic E-state index is -0.110. The molecule has 1 atom stereocenters. The van der Waals surface area contributed by atoms with E-state index in [4.69, 9.17) is 0 Å². The average molecular weight is 222 g/mol. The first-order valence-electron chi connectivity index (χ1n) is 5.32. The lowest BCUT2D eigenvalue weighted by Gasteiger charge is -2.09. The molecule has 0 N–H and O–H groups in total. The minimum Gasteiger partial charge on any atom is -0.287 e. The monoisotopic (exact) mass is 222 g/mol. The number of carbonyl (C=O) groups is 1. The molecule has 0 aliphatic heterocycles. The maximum atomic E-state index is 11.1. The smallest absolute Gasteiger partial charge is 0.193 e. The summed E-state index contributed by atoms with van der Waals surface area (Å²) in [7, 11) is 0. The fourth-order valence-corrected chi connectivity index (χ4v) is 1.71. The van der Waals surface area contributed by atoms with Gasteiger partial charge in [0.1, 0.15) is 0 Å². The van der Waals surface area contributed by atoms with Gasteiger partial charge in [-0.3, -0.25) is 4.79 Å². The van der Waals surface area contributed by atoms with Crippen LogP contribution in [0.3, 0.4) is 0 Å². The molecule has 0 amide bonds. The Morgan fingerprint density at radius 1 is 1.20 bits per heavy atom. The third kappa shape index (κ3) is 3.71. The van der Waals surface area contributed by atoms with E-state index in [9.17, 15) is 4.79 Å². The van der Waals surface area contributed by atoms with Crippen LogP contribution in [0.5, 0.6) is 0 Å². The molecule has 0 fully saturated rings. The van der Waals surface area contributed by atoms with Crippen molar-refractivity contribution in [1.82, 2.24) is 0 Å². The summed E-state index contributed by atoms with van der Waals surface area (Å²) < 4.78 is 0. The molecule has 1 rings (SSSR count). The van der Waals surface area contributed by atoms with Gasteiger partial charge in [0.15, 0.2) is 5.12 Å². The van der Waals surface area contributed by atoms with E-state index in [-0.39, 0.29) is 11.0 Å². The quantitative estimate of drug-likeness (QED) is 0.772. The van der Waals surface area contributed by atoms with Gasteiger partial charge in [0, 0.05) is 0 Å². The molecule has 1 unspecified atom stereocenters. The Labute approximate surface area is 97.3 Å². The lowest BCUT2D eigenvalue weighted by atomic mass is 9.97. The van der Waals surface area contributed by atoms with Gasteiger partial charge in [-0.05, 0) is 23.5 Å². The summed E-state index contributed by atoms with van der Waals surface area (Å²) in [4.78, 5) is 11.1. The Kier molecular flexibility index (Phi) is 4.40. The van der Waals surface area contributed by atoms with Gasteiger partial charge in [0.2, 0.25) is 0 Å². The summed E-state index contributed by atoms with van der Waals surface area (Å²) in [5.74, 6) is 0.557. The molecule has 1 nitrogen and oxygen atoms in total. The SMILES string of the molecule is CC(C)Cc1ccc(C(C)C(=O)S)cc1. The van der Waals surface area contributed by atoms with Gasteiger partial charge in [-0.15, -0.1) is 12.6 Å². The molecule has 0 bridgehead atoms. The summed E-state index contributed by atoms with van der Waals surface area (Å²) in [5.41, 5.74) is 2.37. The number of hydrogen-bond acceptors (Lipinski definition) is 1. The lowest BCUT2D eigenvalue weighted by molar-refractivity contribution is -0.111. The van der Waals surface area contributed by atoms with Crippen LogP contribution in [0.15, 0.2) is 24.3 Å². The zero-order chi connectivity index (χ0) is 11.4. The Hall–Kier alpha value is -0.760. The lowest BCUT2D eigenvalue weighted by Crippen LogP contribution is -2.02. The van der Waals surface area contributed by atoms with Crippen LogP contribution in [0.4, 0.5) is 0 Å². The number of rotatable bonds is 4. The average Bonchev–Trinajstić information content (AvgIpc) is 2.17. The zero-order valence-corrected chi connectivity index (χ0v) is 10.4. The third-order valence-electron chi connectivity index (χ3n) is 2.49. The first-order chi connectivity index (χ1) is 7.00. The zero-order valence-electron chi connectivity index (χ0n) is 9.53. The van der Waals surface area contributed by atoms with Crippen molar-refractivity contribution in [2.24, 2.45) is 5.92 Å². The molecule has 0 heterocycles. The highest BCUT2D eigenvalue weighted by Gasteiger charge is 2.10. The molecule has 2 heteroatoms. The fourth-order valence-electron chi connectivity index (χ4n) is 1.56. The van der Waals surface area contributed by atoms with Crippen molar-refractivity contribution < 1.29 is 4.79 Å².